The Morgan fingerprint density at radius 3 is 0.708 bits per heavy atom. The van der Waals surface area contributed by atoms with Crippen LogP contribution in [-0.4, -0.2) is 96.7 Å². The van der Waals surface area contributed by atoms with E-state index >= 15 is 0 Å². The molecule has 0 radical (unpaired) electrons. The van der Waals surface area contributed by atoms with Crippen LogP contribution in [0.2, 0.25) is 0 Å². The third-order valence-corrected chi connectivity index (χ3v) is 19.9. The van der Waals surface area contributed by atoms with Crippen molar-refractivity contribution >= 4 is 39.5 Å². The number of carbonyl (C=O) groups excluding carboxylic acids is 4. The Morgan fingerprint density at radius 1 is 0.281 bits per heavy atom. The van der Waals surface area contributed by atoms with E-state index in [2.05, 4.69) is 34.6 Å². The quantitative estimate of drug-likeness (QED) is 0.0222. The fourth-order valence-electron chi connectivity index (χ4n) is 11.9. The molecule has 0 aromatic heterocycles. The summed E-state index contributed by atoms with van der Waals surface area (Å²) in [6.45, 7) is 7.29. The van der Waals surface area contributed by atoms with Gasteiger partial charge in [0.05, 0.1) is 26.4 Å². The molecular weight excluding hydrogens is 1260 g/mol. The number of aliphatic hydroxyl groups is 1. The highest BCUT2D eigenvalue weighted by Crippen LogP contribution is 2.45. The van der Waals surface area contributed by atoms with Crippen molar-refractivity contribution in [3.8, 4) is 0 Å². The molecule has 0 bridgehead atoms. The van der Waals surface area contributed by atoms with E-state index in [0.29, 0.717) is 25.7 Å². The fourth-order valence-corrected chi connectivity index (χ4v) is 13.5. The second-order valence-corrected chi connectivity index (χ2v) is 31.1. The van der Waals surface area contributed by atoms with Gasteiger partial charge in [-0.05, 0) is 31.6 Å². The summed E-state index contributed by atoms with van der Waals surface area (Å²) in [6, 6.07) is 0. The summed E-state index contributed by atoms with van der Waals surface area (Å²) in [5.41, 5.74) is 0. The summed E-state index contributed by atoms with van der Waals surface area (Å²) in [7, 11) is -9.91. The number of hydrogen-bond acceptors (Lipinski definition) is 15. The molecule has 0 saturated carbocycles. The normalized spacial score (nSPS) is 13.9. The van der Waals surface area contributed by atoms with Crippen LogP contribution < -0.4 is 0 Å². The first-order chi connectivity index (χ1) is 46.5. The van der Waals surface area contributed by atoms with Crippen molar-refractivity contribution in [2.45, 2.75) is 425 Å². The Balaban J connectivity index is 5.19. The maximum atomic E-state index is 13.1. The van der Waals surface area contributed by atoms with Gasteiger partial charge < -0.3 is 33.8 Å². The van der Waals surface area contributed by atoms with Crippen LogP contribution in [0.3, 0.4) is 0 Å². The third kappa shape index (κ3) is 70.5. The van der Waals surface area contributed by atoms with Gasteiger partial charge in [0.1, 0.15) is 19.3 Å². The van der Waals surface area contributed by atoms with Crippen LogP contribution in [-0.2, 0) is 65.4 Å². The molecule has 0 aromatic rings. The maximum Gasteiger partial charge on any atom is 0.472 e. The van der Waals surface area contributed by atoms with Crippen molar-refractivity contribution in [1.82, 2.24) is 0 Å². The van der Waals surface area contributed by atoms with E-state index in [4.69, 9.17) is 37.0 Å². The van der Waals surface area contributed by atoms with Crippen LogP contribution in [0.15, 0.2) is 0 Å². The number of ether oxygens (including phenoxy) is 4. The van der Waals surface area contributed by atoms with E-state index in [1.54, 1.807) is 0 Å². The highest BCUT2D eigenvalue weighted by molar-refractivity contribution is 7.47. The lowest BCUT2D eigenvalue weighted by molar-refractivity contribution is -0.161. The van der Waals surface area contributed by atoms with Crippen LogP contribution in [0.1, 0.15) is 407 Å². The molecule has 17 nitrogen and oxygen atoms in total. The molecular formula is C77H150O17P2. The van der Waals surface area contributed by atoms with E-state index in [1.165, 1.54) is 218 Å². The molecule has 0 aliphatic rings. The molecule has 2 unspecified atom stereocenters. The van der Waals surface area contributed by atoms with E-state index in [1.807, 2.05) is 0 Å². The number of aliphatic hydroxyl groups excluding tert-OH is 1. The number of carbonyl (C=O) groups is 4. The molecule has 0 amide bonds. The number of phosphoric acid groups is 2. The summed E-state index contributed by atoms with van der Waals surface area (Å²) in [5, 5.41) is 10.6. The monoisotopic (exact) mass is 1410 g/mol. The average Bonchev–Trinajstić information content (AvgIpc) is 3.63. The predicted molar refractivity (Wildman–Crippen MR) is 391 cm³/mol. The molecule has 0 aliphatic carbocycles. The van der Waals surface area contributed by atoms with Crippen molar-refractivity contribution in [3.63, 3.8) is 0 Å². The number of hydrogen-bond donors (Lipinski definition) is 3. The Hall–Kier alpha value is -1.94. The van der Waals surface area contributed by atoms with Crippen molar-refractivity contribution in [3.05, 3.63) is 0 Å². The Morgan fingerprint density at radius 2 is 0.479 bits per heavy atom. The lowest BCUT2D eigenvalue weighted by Crippen LogP contribution is -2.30. The number of esters is 4. The minimum Gasteiger partial charge on any atom is -0.462 e. The lowest BCUT2D eigenvalue weighted by Gasteiger charge is -2.21. The molecule has 0 spiro atoms. The van der Waals surface area contributed by atoms with Crippen molar-refractivity contribution in [2.24, 2.45) is 5.92 Å². The van der Waals surface area contributed by atoms with Crippen LogP contribution in [0.4, 0.5) is 0 Å². The molecule has 570 valence electrons. The molecule has 3 N–H and O–H groups in total. The topological polar surface area (TPSA) is 237 Å². The van der Waals surface area contributed by atoms with Gasteiger partial charge in [-0.3, -0.25) is 37.3 Å². The molecule has 0 aromatic carbocycles. The molecule has 0 fully saturated rings. The second kappa shape index (κ2) is 70.1. The average molecular weight is 1410 g/mol. The molecule has 5 atom stereocenters. The van der Waals surface area contributed by atoms with Gasteiger partial charge in [-0.15, -0.1) is 0 Å². The van der Waals surface area contributed by atoms with Crippen molar-refractivity contribution in [2.75, 3.05) is 39.6 Å². The Labute approximate surface area is 588 Å². The molecule has 0 rings (SSSR count). The molecule has 19 heteroatoms. The van der Waals surface area contributed by atoms with Crippen LogP contribution in [0, 0.1) is 5.92 Å². The zero-order valence-electron chi connectivity index (χ0n) is 62.5. The minimum atomic E-state index is -4.96. The first-order valence-electron chi connectivity index (χ1n) is 40.1. The van der Waals surface area contributed by atoms with Gasteiger partial charge in [-0.25, -0.2) is 9.13 Å². The number of phosphoric ester groups is 2. The molecule has 0 heterocycles. The minimum absolute atomic E-state index is 0.108. The zero-order chi connectivity index (χ0) is 70.5. The van der Waals surface area contributed by atoms with Crippen LogP contribution in [0.5, 0.6) is 0 Å². The van der Waals surface area contributed by atoms with Gasteiger partial charge in [0.2, 0.25) is 0 Å². The standard InChI is InChI=1S/C77H150O17P2/c1-6-9-12-15-18-20-22-24-26-27-29-33-37-41-46-51-56-61-75(80)88-67-73(94-77(82)63-58-53-48-43-39-35-31-30-32-36-40-45-49-54-59-70(4)5)69-92-96(85,86)90-65-71(78)64-89-95(83,84)91-68-72(66-87-74(79)60-55-50-44-17-14-11-8-3)93-76(81)62-57-52-47-42-38-34-28-25-23-21-19-16-13-10-7-2/h70-73,78H,6-69H2,1-5H3,(H,83,84)(H,85,86)/t71-,72+,73+/m0/s1. The van der Waals surface area contributed by atoms with E-state index < -0.39 is 97.5 Å². The molecule has 0 saturated heterocycles. The van der Waals surface area contributed by atoms with Gasteiger partial charge in [0, 0.05) is 25.7 Å². The van der Waals surface area contributed by atoms with Crippen molar-refractivity contribution < 1.29 is 80.2 Å². The summed E-state index contributed by atoms with van der Waals surface area (Å²) in [5.74, 6) is -1.32. The van der Waals surface area contributed by atoms with E-state index in [-0.39, 0.29) is 25.7 Å². The van der Waals surface area contributed by atoms with E-state index in [0.717, 1.165) is 109 Å². The highest BCUT2D eigenvalue weighted by atomic mass is 31.2. The second-order valence-electron chi connectivity index (χ2n) is 28.2. The molecule has 0 aliphatic heterocycles. The Kier molecular flexibility index (Phi) is 68.7. The first-order valence-corrected chi connectivity index (χ1v) is 43.1. The van der Waals surface area contributed by atoms with Crippen LogP contribution >= 0.6 is 15.6 Å². The summed E-state index contributed by atoms with van der Waals surface area (Å²) >= 11 is 0. The maximum absolute atomic E-state index is 13.1. The third-order valence-electron chi connectivity index (χ3n) is 18.0. The van der Waals surface area contributed by atoms with Gasteiger partial charge in [-0.1, -0.05) is 356 Å². The smallest absolute Gasteiger partial charge is 0.462 e. The van der Waals surface area contributed by atoms with Gasteiger partial charge in [0.15, 0.2) is 12.2 Å². The predicted octanol–water partition coefficient (Wildman–Crippen LogP) is 22.9. The van der Waals surface area contributed by atoms with Gasteiger partial charge in [0.25, 0.3) is 0 Å². The fraction of sp³-hybridized carbons (Fsp3) is 0.948. The number of rotatable bonds is 77. The first kappa shape index (κ1) is 94.1. The van der Waals surface area contributed by atoms with Gasteiger partial charge >= 0.3 is 39.5 Å². The summed E-state index contributed by atoms with van der Waals surface area (Å²) in [6.07, 6.45) is 59.7. The zero-order valence-corrected chi connectivity index (χ0v) is 64.3. The molecule has 96 heavy (non-hydrogen) atoms. The Bertz CT molecular complexity index is 1840. The van der Waals surface area contributed by atoms with Crippen LogP contribution in [0.25, 0.3) is 0 Å². The van der Waals surface area contributed by atoms with Gasteiger partial charge in [-0.2, -0.15) is 0 Å². The van der Waals surface area contributed by atoms with E-state index in [9.17, 15) is 43.2 Å². The SMILES string of the molecule is CCCCCCCCCCCCCCCCCCCC(=O)OC[C@H](COP(=O)(O)OC[C@@H](O)COP(=O)(O)OC[C@@H](COC(=O)CCCCCCCCC)OC(=O)CCCCCCCCCCCCCCCCC)OC(=O)CCCCCCCCCCCCCCCCC(C)C. The lowest BCUT2D eigenvalue weighted by atomic mass is 10.0. The summed E-state index contributed by atoms with van der Waals surface area (Å²) < 4.78 is 68.5. The highest BCUT2D eigenvalue weighted by Gasteiger charge is 2.30. The van der Waals surface area contributed by atoms with Crippen molar-refractivity contribution in [1.29, 1.82) is 0 Å². The summed E-state index contributed by atoms with van der Waals surface area (Å²) in [4.78, 5) is 72.7. The number of unbranched alkanes of at least 4 members (excludes halogenated alkanes) is 49. The largest absolute Gasteiger partial charge is 0.472 e.